The maximum atomic E-state index is 13.1. The predicted molar refractivity (Wildman–Crippen MR) is 115 cm³/mol. The number of benzene rings is 2. The summed E-state index contributed by atoms with van der Waals surface area (Å²) in [5, 5.41) is 4.21. The van der Waals surface area contributed by atoms with Crippen LogP contribution in [0.25, 0.3) is 0 Å². The Hall–Kier alpha value is -1.75. The van der Waals surface area contributed by atoms with Crippen LogP contribution < -0.4 is 5.32 Å². The van der Waals surface area contributed by atoms with Gasteiger partial charge in [0, 0.05) is 28.2 Å². The van der Waals surface area contributed by atoms with Gasteiger partial charge in [-0.3, -0.25) is 9.59 Å². The van der Waals surface area contributed by atoms with E-state index in [0.717, 1.165) is 12.0 Å². The van der Waals surface area contributed by atoms with E-state index in [0.29, 0.717) is 27.2 Å². The molecule has 0 radical (unpaired) electrons. The quantitative estimate of drug-likeness (QED) is 0.617. The third-order valence-electron chi connectivity index (χ3n) is 4.40. The molecule has 0 fully saturated rings. The van der Waals surface area contributed by atoms with Crippen molar-refractivity contribution < 1.29 is 9.59 Å². The molecule has 4 nitrogen and oxygen atoms in total. The molecule has 0 aromatic heterocycles. The molecule has 2 aromatic carbocycles. The van der Waals surface area contributed by atoms with Crippen LogP contribution in [0.15, 0.2) is 42.5 Å². The molecule has 1 atom stereocenters. The van der Waals surface area contributed by atoms with Crippen LogP contribution in [-0.4, -0.2) is 29.3 Å². The molecule has 28 heavy (non-hydrogen) atoms. The van der Waals surface area contributed by atoms with E-state index in [1.807, 2.05) is 25.1 Å². The van der Waals surface area contributed by atoms with Crippen LogP contribution >= 0.6 is 34.8 Å². The Morgan fingerprint density at radius 2 is 1.61 bits per heavy atom. The van der Waals surface area contributed by atoms with Gasteiger partial charge in [-0.2, -0.15) is 0 Å². The summed E-state index contributed by atoms with van der Waals surface area (Å²) in [5.41, 5.74) is 1.30. The minimum Gasteiger partial charge on any atom is -0.354 e. The SMILES string of the molecule is CCCNC(=O)C(C)N(Cc1ccccc1Cl)C(=O)Cc1c(Cl)cccc1Cl. The zero-order valence-corrected chi connectivity index (χ0v) is 18.1. The summed E-state index contributed by atoms with van der Waals surface area (Å²) in [6.45, 7) is 4.43. The van der Waals surface area contributed by atoms with E-state index in [2.05, 4.69) is 5.32 Å². The molecule has 2 amide bonds. The Morgan fingerprint density at radius 3 is 2.21 bits per heavy atom. The first-order valence-corrected chi connectivity index (χ1v) is 10.2. The Labute approximate surface area is 180 Å². The summed E-state index contributed by atoms with van der Waals surface area (Å²) in [5.74, 6) is -0.471. The molecule has 2 aromatic rings. The zero-order valence-electron chi connectivity index (χ0n) is 15.8. The predicted octanol–water partition coefficient (Wildman–Crippen LogP) is 5.13. The lowest BCUT2D eigenvalue weighted by Crippen LogP contribution is -2.48. The Bertz CT molecular complexity index is 822. The van der Waals surface area contributed by atoms with Gasteiger partial charge in [-0.1, -0.05) is 66.0 Å². The van der Waals surface area contributed by atoms with Crippen molar-refractivity contribution in [3.8, 4) is 0 Å². The number of carbonyl (C=O) groups is 2. The molecule has 0 saturated heterocycles. The summed E-state index contributed by atoms with van der Waals surface area (Å²) < 4.78 is 0. The van der Waals surface area contributed by atoms with Crippen LogP contribution in [0.1, 0.15) is 31.4 Å². The van der Waals surface area contributed by atoms with Crippen molar-refractivity contribution in [3.05, 3.63) is 68.7 Å². The number of hydrogen-bond donors (Lipinski definition) is 1. The molecule has 0 aliphatic heterocycles. The van der Waals surface area contributed by atoms with Gasteiger partial charge in [0.1, 0.15) is 6.04 Å². The van der Waals surface area contributed by atoms with Crippen LogP contribution in [0.3, 0.4) is 0 Å². The third kappa shape index (κ3) is 5.87. The van der Waals surface area contributed by atoms with E-state index in [9.17, 15) is 9.59 Å². The number of nitrogens with zero attached hydrogens (tertiary/aromatic N) is 1. The van der Waals surface area contributed by atoms with Gasteiger partial charge in [0.15, 0.2) is 0 Å². The van der Waals surface area contributed by atoms with E-state index in [1.54, 1.807) is 31.2 Å². The van der Waals surface area contributed by atoms with E-state index in [4.69, 9.17) is 34.8 Å². The number of hydrogen-bond acceptors (Lipinski definition) is 2. The lowest BCUT2D eigenvalue weighted by atomic mass is 10.1. The highest BCUT2D eigenvalue weighted by Crippen LogP contribution is 2.26. The average Bonchev–Trinajstić information content (AvgIpc) is 2.67. The molecule has 0 spiro atoms. The molecule has 0 bridgehead atoms. The van der Waals surface area contributed by atoms with Crippen molar-refractivity contribution in [2.45, 2.75) is 39.3 Å². The van der Waals surface area contributed by atoms with Crippen molar-refractivity contribution in [1.29, 1.82) is 0 Å². The first-order chi connectivity index (χ1) is 13.3. The van der Waals surface area contributed by atoms with Crippen molar-refractivity contribution >= 4 is 46.6 Å². The Kier molecular flexibility index (Phi) is 8.61. The van der Waals surface area contributed by atoms with Gasteiger partial charge in [-0.05, 0) is 42.7 Å². The monoisotopic (exact) mass is 440 g/mol. The summed E-state index contributed by atoms with van der Waals surface area (Å²) >= 11 is 18.7. The minimum absolute atomic E-state index is 0.00560. The van der Waals surface area contributed by atoms with Crippen molar-refractivity contribution in [2.24, 2.45) is 0 Å². The van der Waals surface area contributed by atoms with Gasteiger partial charge < -0.3 is 10.2 Å². The Morgan fingerprint density at radius 1 is 1.00 bits per heavy atom. The normalized spacial score (nSPS) is 11.8. The van der Waals surface area contributed by atoms with Crippen LogP contribution in [-0.2, 0) is 22.6 Å². The van der Waals surface area contributed by atoms with Crippen LogP contribution in [0.2, 0.25) is 15.1 Å². The maximum Gasteiger partial charge on any atom is 0.242 e. The molecule has 150 valence electrons. The fourth-order valence-corrected chi connectivity index (χ4v) is 3.47. The van der Waals surface area contributed by atoms with Gasteiger partial charge in [-0.15, -0.1) is 0 Å². The molecule has 0 saturated carbocycles. The first kappa shape index (κ1) is 22.5. The van der Waals surface area contributed by atoms with Gasteiger partial charge in [0.2, 0.25) is 11.8 Å². The number of rotatable bonds is 8. The number of nitrogens with one attached hydrogen (secondary N) is 1. The van der Waals surface area contributed by atoms with Gasteiger partial charge in [-0.25, -0.2) is 0 Å². The smallest absolute Gasteiger partial charge is 0.242 e. The third-order valence-corrected chi connectivity index (χ3v) is 5.48. The molecular formula is C21H23Cl3N2O2. The van der Waals surface area contributed by atoms with E-state index >= 15 is 0 Å². The maximum absolute atomic E-state index is 13.1. The van der Waals surface area contributed by atoms with E-state index in [1.165, 1.54) is 4.90 Å². The molecule has 0 heterocycles. The van der Waals surface area contributed by atoms with Crippen LogP contribution in [0, 0.1) is 0 Å². The van der Waals surface area contributed by atoms with Crippen molar-refractivity contribution in [1.82, 2.24) is 10.2 Å². The molecule has 1 N–H and O–H groups in total. The van der Waals surface area contributed by atoms with Crippen LogP contribution in [0.4, 0.5) is 0 Å². The highest BCUT2D eigenvalue weighted by atomic mass is 35.5. The summed E-state index contributed by atoms with van der Waals surface area (Å²) in [6.07, 6.45) is 0.806. The van der Waals surface area contributed by atoms with E-state index in [-0.39, 0.29) is 24.8 Å². The molecular weight excluding hydrogens is 419 g/mol. The first-order valence-electron chi connectivity index (χ1n) is 9.08. The number of carbonyl (C=O) groups excluding carboxylic acids is 2. The topological polar surface area (TPSA) is 49.4 Å². The molecule has 7 heteroatoms. The van der Waals surface area contributed by atoms with Gasteiger partial charge >= 0.3 is 0 Å². The molecule has 2 rings (SSSR count). The number of halogens is 3. The fraction of sp³-hybridized carbons (Fsp3) is 0.333. The van der Waals surface area contributed by atoms with Gasteiger partial charge in [0.25, 0.3) is 0 Å². The highest BCUT2D eigenvalue weighted by Gasteiger charge is 2.27. The summed E-state index contributed by atoms with van der Waals surface area (Å²) in [4.78, 5) is 27.2. The average molecular weight is 442 g/mol. The highest BCUT2D eigenvalue weighted by molar-refractivity contribution is 6.36. The Balaban J connectivity index is 2.29. The lowest BCUT2D eigenvalue weighted by Gasteiger charge is -2.29. The number of amides is 2. The largest absolute Gasteiger partial charge is 0.354 e. The second-order valence-corrected chi connectivity index (χ2v) is 7.68. The second kappa shape index (κ2) is 10.7. The molecule has 0 aliphatic rings. The van der Waals surface area contributed by atoms with E-state index < -0.39 is 6.04 Å². The van der Waals surface area contributed by atoms with Crippen molar-refractivity contribution in [3.63, 3.8) is 0 Å². The fourth-order valence-electron chi connectivity index (χ4n) is 2.74. The standard InChI is InChI=1S/C21H23Cl3N2O2/c1-3-11-25-21(28)14(2)26(13-15-7-4-5-8-17(15)22)20(27)12-16-18(23)9-6-10-19(16)24/h4-10,14H,3,11-13H2,1-2H3,(H,25,28). The second-order valence-electron chi connectivity index (χ2n) is 6.46. The van der Waals surface area contributed by atoms with Crippen molar-refractivity contribution in [2.75, 3.05) is 6.54 Å². The molecule has 1 unspecified atom stereocenters. The lowest BCUT2D eigenvalue weighted by molar-refractivity contribution is -0.140. The van der Waals surface area contributed by atoms with Crippen LogP contribution in [0.5, 0.6) is 0 Å². The summed E-state index contributed by atoms with van der Waals surface area (Å²) in [6, 6.07) is 11.7. The molecule has 0 aliphatic carbocycles. The zero-order chi connectivity index (χ0) is 20.7. The summed E-state index contributed by atoms with van der Waals surface area (Å²) in [7, 11) is 0. The van der Waals surface area contributed by atoms with Gasteiger partial charge in [0.05, 0.1) is 6.42 Å². The minimum atomic E-state index is -0.670.